The minimum atomic E-state index is -0.264. The molecule has 0 amide bonds. The van der Waals surface area contributed by atoms with E-state index in [1.165, 1.54) is 0 Å². The van der Waals surface area contributed by atoms with Crippen LogP contribution in [0.15, 0.2) is 0 Å². The Morgan fingerprint density at radius 3 is 2.00 bits per heavy atom. The molecule has 6 heavy (non-hydrogen) atoms. The van der Waals surface area contributed by atoms with Gasteiger partial charge in [-0.05, 0) is 4.65 Å². The van der Waals surface area contributed by atoms with Crippen molar-refractivity contribution in [3.05, 3.63) is 0 Å². The van der Waals surface area contributed by atoms with E-state index in [0.29, 0.717) is 0 Å². The lowest BCUT2D eigenvalue weighted by Gasteiger charge is -2.12. The summed E-state index contributed by atoms with van der Waals surface area (Å²) in [5.41, 5.74) is 0. The molecule has 0 saturated heterocycles. The van der Waals surface area contributed by atoms with Crippen molar-refractivity contribution >= 4 is 20.5 Å². The largest absolute Gasteiger partial charge is 0.183 e. The highest BCUT2D eigenvalue weighted by molar-refractivity contribution is 7.83. The summed E-state index contributed by atoms with van der Waals surface area (Å²) in [6.45, 7) is 3.89. The first-order chi connectivity index (χ1) is 2.56. The molecule has 2 radical (unpaired) electrons. The standard InChI is InChI=1S/C4H9BS/c1-3-4(2,5)6/h6H,3H2,1-2H3. The van der Waals surface area contributed by atoms with Gasteiger partial charge in [0.1, 0.15) is 0 Å². The Balaban J connectivity index is 3.17. The lowest BCUT2D eigenvalue weighted by atomic mass is 9.86. The Kier molecular flexibility index (Phi) is 2.05. The smallest absolute Gasteiger partial charge is 0.0885 e. The molecule has 0 aliphatic carbocycles. The molecule has 0 aliphatic rings. The van der Waals surface area contributed by atoms with Gasteiger partial charge in [0, 0.05) is 0 Å². The molecule has 0 aliphatic heterocycles. The maximum Gasteiger partial charge on any atom is 0.0885 e. The normalized spacial score (nSPS) is 19.8. The molecule has 0 rings (SSSR count). The Bertz CT molecular complexity index is 37.3. The third-order valence-electron chi connectivity index (χ3n) is 0.716. The van der Waals surface area contributed by atoms with E-state index in [0.717, 1.165) is 6.42 Å². The molecule has 0 aromatic rings. The summed E-state index contributed by atoms with van der Waals surface area (Å²) in [5.74, 6) is 0. The van der Waals surface area contributed by atoms with Gasteiger partial charge in [0.2, 0.25) is 0 Å². The summed E-state index contributed by atoms with van der Waals surface area (Å²) in [6.07, 6.45) is 0.913. The summed E-state index contributed by atoms with van der Waals surface area (Å²) in [4.78, 5) is 0. The van der Waals surface area contributed by atoms with Crippen molar-refractivity contribution in [2.75, 3.05) is 0 Å². The van der Waals surface area contributed by atoms with Crippen molar-refractivity contribution in [2.24, 2.45) is 0 Å². The summed E-state index contributed by atoms with van der Waals surface area (Å²) < 4.78 is -0.264. The Morgan fingerprint density at radius 1 is 1.83 bits per heavy atom. The van der Waals surface area contributed by atoms with Gasteiger partial charge >= 0.3 is 0 Å². The third-order valence-corrected chi connectivity index (χ3v) is 1.03. The highest BCUT2D eigenvalue weighted by Gasteiger charge is 2.04. The molecule has 0 N–H and O–H groups in total. The molecule has 34 valence electrons. The number of hydrogen-bond donors (Lipinski definition) is 1. The first-order valence-corrected chi connectivity index (χ1v) is 2.52. The van der Waals surface area contributed by atoms with Crippen molar-refractivity contribution in [3.63, 3.8) is 0 Å². The molecular weight excluding hydrogens is 90.9 g/mol. The average molecular weight is 100.0 g/mol. The fraction of sp³-hybridized carbons (Fsp3) is 1.00. The predicted octanol–water partition coefficient (Wildman–Crippen LogP) is 1.21. The van der Waals surface area contributed by atoms with Gasteiger partial charge in [0.25, 0.3) is 0 Å². The van der Waals surface area contributed by atoms with Crippen LogP contribution in [-0.2, 0) is 0 Å². The minimum Gasteiger partial charge on any atom is -0.183 e. The molecule has 0 fully saturated rings. The maximum absolute atomic E-state index is 5.40. The highest BCUT2D eigenvalue weighted by Crippen LogP contribution is 2.10. The molecule has 0 saturated carbocycles. The Hall–Kier alpha value is 0.415. The van der Waals surface area contributed by atoms with Crippen molar-refractivity contribution < 1.29 is 0 Å². The SMILES string of the molecule is [B]C(C)(S)CC. The predicted molar refractivity (Wildman–Crippen MR) is 33.4 cm³/mol. The zero-order valence-corrected chi connectivity index (χ0v) is 5.13. The van der Waals surface area contributed by atoms with E-state index in [-0.39, 0.29) is 4.65 Å². The van der Waals surface area contributed by atoms with E-state index in [1.807, 2.05) is 13.8 Å². The molecule has 0 aromatic heterocycles. The molecular formula is C4H9BS. The second-order valence-electron chi connectivity index (χ2n) is 1.71. The van der Waals surface area contributed by atoms with Crippen LogP contribution in [0.2, 0.25) is 0 Å². The van der Waals surface area contributed by atoms with Gasteiger partial charge in [-0.3, -0.25) is 0 Å². The molecule has 1 unspecified atom stereocenters. The quantitative estimate of drug-likeness (QED) is 0.371. The van der Waals surface area contributed by atoms with E-state index in [9.17, 15) is 0 Å². The van der Waals surface area contributed by atoms with E-state index in [2.05, 4.69) is 12.6 Å². The van der Waals surface area contributed by atoms with Gasteiger partial charge in [-0.25, -0.2) is 0 Å². The van der Waals surface area contributed by atoms with Crippen molar-refractivity contribution in [3.8, 4) is 0 Å². The van der Waals surface area contributed by atoms with Crippen LogP contribution in [0, 0.1) is 0 Å². The van der Waals surface area contributed by atoms with Crippen molar-refractivity contribution in [1.29, 1.82) is 0 Å². The second kappa shape index (κ2) is 1.92. The van der Waals surface area contributed by atoms with E-state index >= 15 is 0 Å². The van der Waals surface area contributed by atoms with Crippen LogP contribution in [0.5, 0.6) is 0 Å². The zero-order valence-electron chi connectivity index (χ0n) is 4.23. The lowest BCUT2D eigenvalue weighted by molar-refractivity contribution is 0.839. The van der Waals surface area contributed by atoms with Crippen LogP contribution in [-0.4, -0.2) is 12.5 Å². The summed E-state index contributed by atoms with van der Waals surface area (Å²) in [5, 5.41) is 0. The van der Waals surface area contributed by atoms with Crippen LogP contribution >= 0.6 is 12.6 Å². The van der Waals surface area contributed by atoms with E-state index in [1.54, 1.807) is 0 Å². The van der Waals surface area contributed by atoms with Gasteiger partial charge in [-0.2, -0.15) is 12.6 Å². The van der Waals surface area contributed by atoms with Crippen molar-refractivity contribution in [1.82, 2.24) is 0 Å². The summed E-state index contributed by atoms with van der Waals surface area (Å²) in [6, 6.07) is 0. The molecule has 0 spiro atoms. The first kappa shape index (κ1) is 6.41. The summed E-state index contributed by atoms with van der Waals surface area (Å²) >= 11 is 4.03. The summed E-state index contributed by atoms with van der Waals surface area (Å²) in [7, 11) is 5.40. The van der Waals surface area contributed by atoms with Crippen molar-refractivity contribution in [2.45, 2.75) is 24.9 Å². The number of thiol groups is 1. The Labute approximate surface area is 46.1 Å². The third kappa shape index (κ3) is 4.41. The highest BCUT2D eigenvalue weighted by atomic mass is 32.1. The topological polar surface area (TPSA) is 0 Å². The van der Waals surface area contributed by atoms with Crippen LogP contribution < -0.4 is 0 Å². The average Bonchev–Trinajstić information content (AvgIpc) is 1.35. The van der Waals surface area contributed by atoms with Crippen LogP contribution in [0.25, 0.3) is 0 Å². The lowest BCUT2D eigenvalue weighted by Crippen LogP contribution is -2.12. The maximum atomic E-state index is 5.40. The van der Waals surface area contributed by atoms with Gasteiger partial charge in [0.15, 0.2) is 0 Å². The first-order valence-electron chi connectivity index (χ1n) is 2.07. The fourth-order valence-electron chi connectivity index (χ4n) is 0. The van der Waals surface area contributed by atoms with Crippen LogP contribution in [0.4, 0.5) is 0 Å². The molecule has 0 bridgehead atoms. The van der Waals surface area contributed by atoms with Crippen LogP contribution in [0.1, 0.15) is 20.3 Å². The molecule has 0 nitrogen and oxygen atoms in total. The van der Waals surface area contributed by atoms with Gasteiger partial charge < -0.3 is 0 Å². The monoisotopic (exact) mass is 100 g/mol. The van der Waals surface area contributed by atoms with Gasteiger partial charge in [-0.1, -0.05) is 20.3 Å². The fourth-order valence-corrected chi connectivity index (χ4v) is 0. The van der Waals surface area contributed by atoms with E-state index in [4.69, 9.17) is 7.85 Å². The Morgan fingerprint density at radius 2 is 2.00 bits per heavy atom. The number of hydrogen-bond acceptors (Lipinski definition) is 1. The van der Waals surface area contributed by atoms with Gasteiger partial charge in [-0.15, -0.1) is 0 Å². The van der Waals surface area contributed by atoms with E-state index < -0.39 is 0 Å². The molecule has 0 heterocycles. The van der Waals surface area contributed by atoms with Gasteiger partial charge in [0.05, 0.1) is 7.85 Å². The molecule has 1 atom stereocenters. The molecule has 2 heteroatoms. The second-order valence-corrected chi connectivity index (χ2v) is 2.73. The zero-order chi connectivity index (χ0) is 5.21. The van der Waals surface area contributed by atoms with Crippen LogP contribution in [0.3, 0.4) is 0 Å². The minimum absolute atomic E-state index is 0.264. The molecule has 0 aromatic carbocycles. The number of rotatable bonds is 1.